The highest BCUT2D eigenvalue weighted by molar-refractivity contribution is 6.30. The first-order valence-electron chi connectivity index (χ1n) is 9.65. The molecule has 0 saturated heterocycles. The monoisotopic (exact) mass is 406 g/mol. The quantitative estimate of drug-likeness (QED) is 0.397. The highest BCUT2D eigenvalue weighted by Crippen LogP contribution is 2.38. The maximum atomic E-state index is 12.4. The van der Waals surface area contributed by atoms with Gasteiger partial charge in [0.2, 0.25) is 0 Å². The third-order valence-corrected chi connectivity index (χ3v) is 5.44. The summed E-state index contributed by atoms with van der Waals surface area (Å²) in [6, 6.07) is 19.1. The molecule has 0 bridgehead atoms. The molecule has 0 aliphatic heterocycles. The van der Waals surface area contributed by atoms with Gasteiger partial charge in [0.15, 0.2) is 0 Å². The summed E-state index contributed by atoms with van der Waals surface area (Å²) in [5.74, 6) is -0.510. The number of nitrogens with zero attached hydrogens (tertiary/aromatic N) is 2. The molecule has 0 atom stereocenters. The van der Waals surface area contributed by atoms with Crippen LogP contribution in [0.3, 0.4) is 0 Å². The van der Waals surface area contributed by atoms with Crippen molar-refractivity contribution in [1.82, 2.24) is 4.57 Å². The number of fused-ring (bicyclic) bond motifs is 1. The van der Waals surface area contributed by atoms with E-state index in [9.17, 15) is 4.79 Å². The number of para-hydroxylation sites is 1. The average Bonchev–Trinajstić information content (AvgIpc) is 3.01. The highest BCUT2D eigenvalue weighted by Gasteiger charge is 2.33. The van der Waals surface area contributed by atoms with Crippen molar-refractivity contribution >= 4 is 23.3 Å². The van der Waals surface area contributed by atoms with Gasteiger partial charge in [-0.2, -0.15) is 0 Å². The Balaban J connectivity index is 1.71. The van der Waals surface area contributed by atoms with Crippen molar-refractivity contribution < 1.29 is 9.63 Å². The number of hydrogen-bond acceptors (Lipinski definition) is 3. The van der Waals surface area contributed by atoms with Crippen LogP contribution in [0.15, 0.2) is 65.8 Å². The lowest BCUT2D eigenvalue weighted by Crippen LogP contribution is -2.28. The van der Waals surface area contributed by atoms with Crippen LogP contribution in [-0.4, -0.2) is 16.2 Å². The van der Waals surface area contributed by atoms with E-state index in [0.29, 0.717) is 10.6 Å². The molecule has 5 heteroatoms. The first-order chi connectivity index (χ1) is 13.8. The van der Waals surface area contributed by atoms with E-state index in [1.54, 1.807) is 24.3 Å². The van der Waals surface area contributed by atoms with Gasteiger partial charge < -0.3 is 9.40 Å². The molecule has 0 spiro atoms. The highest BCUT2D eigenvalue weighted by atomic mass is 35.5. The fraction of sp³-hybridized carbons (Fsp3) is 0.250. The van der Waals surface area contributed by atoms with Crippen molar-refractivity contribution in [1.29, 1.82) is 0 Å². The summed E-state index contributed by atoms with van der Waals surface area (Å²) in [4.78, 5) is 17.7. The molecular weight excluding hydrogens is 384 g/mol. The molecule has 0 amide bonds. The van der Waals surface area contributed by atoms with E-state index >= 15 is 0 Å². The third-order valence-electron chi connectivity index (χ3n) is 5.20. The first kappa shape index (κ1) is 19.5. The largest absolute Gasteiger partial charge is 0.365 e. The number of aromatic nitrogens is 1. The van der Waals surface area contributed by atoms with Crippen LogP contribution in [0, 0.1) is 12.3 Å². The smallest absolute Gasteiger partial charge is 0.318 e. The van der Waals surface area contributed by atoms with Gasteiger partial charge in [-0.3, -0.25) is 0 Å². The molecular formula is C24H23ClN2O2. The molecule has 3 aromatic rings. The predicted molar refractivity (Wildman–Crippen MR) is 116 cm³/mol. The van der Waals surface area contributed by atoms with Gasteiger partial charge in [-0.15, -0.1) is 0 Å². The van der Waals surface area contributed by atoms with E-state index in [4.69, 9.17) is 16.4 Å². The van der Waals surface area contributed by atoms with Crippen molar-refractivity contribution in [2.75, 3.05) is 0 Å². The second-order valence-corrected chi connectivity index (χ2v) is 8.70. The molecule has 0 unspecified atom stereocenters. The summed E-state index contributed by atoms with van der Waals surface area (Å²) in [7, 11) is 0. The Morgan fingerprint density at radius 1 is 1.07 bits per heavy atom. The lowest BCUT2D eigenvalue weighted by atomic mass is 9.76. The Morgan fingerprint density at radius 2 is 1.83 bits per heavy atom. The standard InChI is InChI=1S/C24H23ClN2O2/c1-16-12-20-21(26-29-23(28)17-8-7-9-18(25)13-17)14-24(2,3)15-22(20)27(16)19-10-5-4-6-11-19/h4-13H,14-15H2,1-3H3/b26-21+. The fourth-order valence-corrected chi connectivity index (χ4v) is 4.15. The number of hydrogen-bond donors (Lipinski definition) is 0. The van der Waals surface area contributed by atoms with Gasteiger partial charge in [-0.05, 0) is 61.6 Å². The van der Waals surface area contributed by atoms with Crippen molar-refractivity contribution in [3.8, 4) is 5.69 Å². The summed E-state index contributed by atoms with van der Waals surface area (Å²) >= 11 is 5.97. The van der Waals surface area contributed by atoms with Gasteiger partial charge in [-0.25, -0.2) is 4.79 Å². The van der Waals surface area contributed by atoms with E-state index in [2.05, 4.69) is 48.7 Å². The summed E-state index contributed by atoms with van der Waals surface area (Å²) in [6.45, 7) is 6.51. The number of benzene rings is 2. The van der Waals surface area contributed by atoms with Crippen LogP contribution in [0.25, 0.3) is 5.69 Å². The normalized spacial score (nSPS) is 16.5. The fourth-order valence-electron chi connectivity index (χ4n) is 3.96. The number of aryl methyl sites for hydroxylation is 1. The number of rotatable bonds is 3. The summed E-state index contributed by atoms with van der Waals surface area (Å²) < 4.78 is 2.27. The molecule has 2 aromatic carbocycles. The molecule has 1 aromatic heterocycles. The number of oxime groups is 1. The second-order valence-electron chi connectivity index (χ2n) is 8.26. The predicted octanol–water partition coefficient (Wildman–Crippen LogP) is 5.97. The number of carbonyl (C=O) groups excluding carboxylic acids is 1. The zero-order chi connectivity index (χ0) is 20.6. The van der Waals surface area contributed by atoms with Gasteiger partial charge in [0.05, 0.1) is 11.3 Å². The van der Waals surface area contributed by atoms with Crippen molar-refractivity contribution in [3.63, 3.8) is 0 Å². The van der Waals surface area contributed by atoms with E-state index in [0.717, 1.165) is 35.5 Å². The first-order valence-corrected chi connectivity index (χ1v) is 10.0. The Morgan fingerprint density at radius 3 is 2.55 bits per heavy atom. The molecule has 0 N–H and O–H groups in total. The van der Waals surface area contributed by atoms with Crippen LogP contribution < -0.4 is 0 Å². The van der Waals surface area contributed by atoms with Gasteiger partial charge in [0, 0.05) is 27.7 Å². The lowest BCUT2D eigenvalue weighted by molar-refractivity contribution is 0.0514. The molecule has 0 fully saturated rings. The average molecular weight is 407 g/mol. The minimum atomic E-state index is -0.510. The second kappa shape index (κ2) is 7.53. The Hall–Kier alpha value is -2.85. The van der Waals surface area contributed by atoms with Gasteiger partial charge >= 0.3 is 5.97 Å². The number of carbonyl (C=O) groups is 1. The number of halogens is 1. The van der Waals surface area contributed by atoms with Crippen molar-refractivity contribution in [2.45, 2.75) is 33.6 Å². The minimum Gasteiger partial charge on any atom is -0.318 e. The zero-order valence-corrected chi connectivity index (χ0v) is 17.5. The van der Waals surface area contributed by atoms with Crippen molar-refractivity contribution in [2.24, 2.45) is 10.6 Å². The van der Waals surface area contributed by atoms with E-state index in [1.807, 2.05) is 18.2 Å². The van der Waals surface area contributed by atoms with Crippen LogP contribution in [0.2, 0.25) is 5.02 Å². The molecule has 1 heterocycles. The van der Waals surface area contributed by atoms with E-state index < -0.39 is 5.97 Å². The van der Waals surface area contributed by atoms with Gasteiger partial charge in [-0.1, -0.05) is 54.9 Å². The Bertz CT molecular complexity index is 1100. The van der Waals surface area contributed by atoms with Crippen LogP contribution in [0.1, 0.15) is 47.6 Å². The van der Waals surface area contributed by atoms with Crippen molar-refractivity contribution in [3.05, 3.63) is 88.2 Å². The molecule has 1 aliphatic rings. The Kier molecular flexibility index (Phi) is 5.05. The Labute approximate surface area is 175 Å². The van der Waals surface area contributed by atoms with Crippen LogP contribution in [0.4, 0.5) is 0 Å². The van der Waals surface area contributed by atoms with Crippen LogP contribution >= 0.6 is 11.6 Å². The summed E-state index contributed by atoms with van der Waals surface area (Å²) in [5.41, 5.74) is 5.68. The molecule has 0 saturated carbocycles. The minimum absolute atomic E-state index is 0.00558. The molecule has 29 heavy (non-hydrogen) atoms. The SMILES string of the molecule is Cc1cc2c(n1-c1ccccc1)CC(C)(C)C/C2=N\OC(=O)c1cccc(Cl)c1. The summed E-state index contributed by atoms with van der Waals surface area (Å²) in [6.07, 6.45) is 1.66. The molecule has 148 valence electrons. The molecule has 0 radical (unpaired) electrons. The van der Waals surface area contributed by atoms with Gasteiger partial charge in [0.25, 0.3) is 0 Å². The zero-order valence-electron chi connectivity index (χ0n) is 16.8. The maximum absolute atomic E-state index is 12.4. The molecule has 4 nitrogen and oxygen atoms in total. The maximum Gasteiger partial charge on any atom is 0.365 e. The van der Waals surface area contributed by atoms with Crippen LogP contribution in [-0.2, 0) is 11.3 Å². The third kappa shape index (κ3) is 3.99. The van der Waals surface area contributed by atoms with Gasteiger partial charge in [0.1, 0.15) is 0 Å². The topological polar surface area (TPSA) is 43.6 Å². The van der Waals surface area contributed by atoms with E-state index in [1.165, 1.54) is 5.69 Å². The summed E-state index contributed by atoms with van der Waals surface area (Å²) in [5, 5.41) is 4.77. The van der Waals surface area contributed by atoms with Crippen LogP contribution in [0.5, 0.6) is 0 Å². The van der Waals surface area contributed by atoms with E-state index in [-0.39, 0.29) is 5.41 Å². The molecule has 1 aliphatic carbocycles. The lowest BCUT2D eigenvalue weighted by Gasteiger charge is -2.31. The molecule has 4 rings (SSSR count).